The molecule has 2 fully saturated rings. The van der Waals surface area contributed by atoms with Gasteiger partial charge in [0, 0.05) is 16.5 Å². The second kappa shape index (κ2) is 4.80. The molecule has 2 heteroatoms. The lowest BCUT2D eigenvalue weighted by Crippen LogP contribution is -2.15. The number of benzene rings is 1. The molecule has 3 unspecified atom stereocenters. The summed E-state index contributed by atoms with van der Waals surface area (Å²) in [6, 6.07) is 6.04. The smallest absolute Gasteiger partial charge is 0.164 e. The molecule has 0 saturated heterocycles. The van der Waals surface area contributed by atoms with Crippen molar-refractivity contribution < 1.29 is 4.79 Å². The molecule has 2 saturated carbocycles. The second-order valence-electron chi connectivity index (χ2n) is 6.05. The van der Waals surface area contributed by atoms with Gasteiger partial charge in [0.25, 0.3) is 0 Å². The standard InChI is InChI=1S/C16H19BrO/c1-10-2-5-15(17)14(6-10)16(18)9-13-8-11-3-4-12(13)7-11/h2,5-6,11-13H,3-4,7-9H2,1H3. The molecule has 0 amide bonds. The summed E-state index contributed by atoms with van der Waals surface area (Å²) < 4.78 is 0.946. The van der Waals surface area contributed by atoms with Crippen molar-refractivity contribution in [1.29, 1.82) is 0 Å². The summed E-state index contributed by atoms with van der Waals surface area (Å²) in [7, 11) is 0. The number of fused-ring (bicyclic) bond motifs is 2. The van der Waals surface area contributed by atoms with Gasteiger partial charge in [0.05, 0.1) is 0 Å². The number of carbonyl (C=O) groups excluding carboxylic acids is 1. The topological polar surface area (TPSA) is 17.1 Å². The Balaban J connectivity index is 1.73. The minimum atomic E-state index is 0.322. The van der Waals surface area contributed by atoms with Crippen LogP contribution in [0.3, 0.4) is 0 Å². The van der Waals surface area contributed by atoms with Gasteiger partial charge in [-0.05, 0) is 56.1 Å². The summed E-state index contributed by atoms with van der Waals surface area (Å²) >= 11 is 3.50. The van der Waals surface area contributed by atoms with Crippen LogP contribution in [0.1, 0.15) is 48.0 Å². The third kappa shape index (κ3) is 2.27. The van der Waals surface area contributed by atoms with E-state index in [0.29, 0.717) is 11.7 Å². The van der Waals surface area contributed by atoms with Gasteiger partial charge >= 0.3 is 0 Å². The van der Waals surface area contributed by atoms with Crippen LogP contribution in [-0.2, 0) is 0 Å². The Morgan fingerprint density at radius 2 is 2.17 bits per heavy atom. The Morgan fingerprint density at radius 1 is 1.33 bits per heavy atom. The van der Waals surface area contributed by atoms with E-state index < -0.39 is 0 Å². The van der Waals surface area contributed by atoms with Crippen LogP contribution in [0.4, 0.5) is 0 Å². The van der Waals surface area contributed by atoms with Crippen LogP contribution in [0, 0.1) is 24.7 Å². The number of hydrogen-bond donors (Lipinski definition) is 0. The van der Waals surface area contributed by atoms with E-state index in [1.807, 2.05) is 25.1 Å². The maximum atomic E-state index is 12.4. The summed E-state index contributed by atoms with van der Waals surface area (Å²) in [6.07, 6.45) is 6.19. The van der Waals surface area contributed by atoms with E-state index in [1.54, 1.807) is 0 Å². The summed E-state index contributed by atoms with van der Waals surface area (Å²) in [5, 5.41) is 0. The quantitative estimate of drug-likeness (QED) is 0.735. The van der Waals surface area contributed by atoms with Crippen molar-refractivity contribution in [1.82, 2.24) is 0 Å². The van der Waals surface area contributed by atoms with E-state index >= 15 is 0 Å². The lowest BCUT2D eigenvalue weighted by atomic mass is 9.84. The van der Waals surface area contributed by atoms with Crippen LogP contribution in [0.15, 0.2) is 22.7 Å². The average molecular weight is 307 g/mol. The van der Waals surface area contributed by atoms with Crippen LogP contribution < -0.4 is 0 Å². The third-order valence-corrected chi connectivity index (χ3v) is 5.45. The zero-order valence-electron chi connectivity index (χ0n) is 10.8. The molecule has 18 heavy (non-hydrogen) atoms. The van der Waals surface area contributed by atoms with Crippen molar-refractivity contribution in [2.75, 3.05) is 0 Å². The maximum absolute atomic E-state index is 12.4. The number of aryl methyl sites for hydroxylation is 1. The molecule has 1 aromatic carbocycles. The molecule has 0 spiro atoms. The monoisotopic (exact) mass is 306 g/mol. The highest BCUT2D eigenvalue weighted by Crippen LogP contribution is 2.49. The highest BCUT2D eigenvalue weighted by molar-refractivity contribution is 9.10. The van der Waals surface area contributed by atoms with Crippen molar-refractivity contribution in [3.63, 3.8) is 0 Å². The van der Waals surface area contributed by atoms with Gasteiger partial charge in [-0.2, -0.15) is 0 Å². The number of carbonyl (C=O) groups is 1. The Morgan fingerprint density at radius 3 is 2.83 bits per heavy atom. The highest BCUT2D eigenvalue weighted by Gasteiger charge is 2.40. The van der Waals surface area contributed by atoms with Gasteiger partial charge in [0.1, 0.15) is 0 Å². The van der Waals surface area contributed by atoms with Crippen LogP contribution in [0.5, 0.6) is 0 Å². The van der Waals surface area contributed by atoms with Gasteiger partial charge in [-0.3, -0.25) is 4.79 Å². The van der Waals surface area contributed by atoms with Crippen LogP contribution in [0.25, 0.3) is 0 Å². The van der Waals surface area contributed by atoms with E-state index in [0.717, 1.165) is 33.9 Å². The van der Waals surface area contributed by atoms with E-state index in [9.17, 15) is 4.79 Å². The zero-order chi connectivity index (χ0) is 12.7. The first-order valence-electron chi connectivity index (χ1n) is 6.93. The molecule has 0 radical (unpaired) electrons. The number of Topliss-reactive ketones (excluding diaryl/α,β-unsaturated/α-hetero) is 1. The van der Waals surface area contributed by atoms with Crippen LogP contribution >= 0.6 is 15.9 Å². The highest BCUT2D eigenvalue weighted by atomic mass is 79.9. The van der Waals surface area contributed by atoms with Gasteiger partial charge in [0.2, 0.25) is 0 Å². The van der Waals surface area contributed by atoms with E-state index in [2.05, 4.69) is 15.9 Å². The van der Waals surface area contributed by atoms with Gasteiger partial charge in [-0.25, -0.2) is 0 Å². The van der Waals surface area contributed by atoms with Crippen molar-refractivity contribution >= 4 is 21.7 Å². The Labute approximate surface area is 117 Å². The molecule has 0 heterocycles. The molecule has 0 aliphatic heterocycles. The summed E-state index contributed by atoms with van der Waals surface area (Å²) in [5.41, 5.74) is 2.03. The summed E-state index contributed by atoms with van der Waals surface area (Å²) in [5.74, 6) is 2.74. The Kier molecular flexibility index (Phi) is 3.31. The fraction of sp³-hybridized carbons (Fsp3) is 0.562. The van der Waals surface area contributed by atoms with Gasteiger partial charge < -0.3 is 0 Å². The summed E-state index contributed by atoms with van der Waals surface area (Å²) in [4.78, 5) is 12.4. The normalized spacial score (nSPS) is 29.8. The van der Waals surface area contributed by atoms with Gasteiger partial charge in [-0.1, -0.05) is 34.0 Å². The fourth-order valence-corrected chi connectivity index (χ4v) is 4.30. The Bertz CT molecular complexity index is 480. The van der Waals surface area contributed by atoms with E-state index in [-0.39, 0.29) is 0 Å². The largest absolute Gasteiger partial charge is 0.294 e. The fourth-order valence-electron chi connectivity index (χ4n) is 3.83. The summed E-state index contributed by atoms with van der Waals surface area (Å²) in [6.45, 7) is 2.04. The molecule has 1 nitrogen and oxygen atoms in total. The molecule has 3 rings (SSSR count). The third-order valence-electron chi connectivity index (χ3n) is 4.75. The van der Waals surface area contributed by atoms with E-state index in [4.69, 9.17) is 0 Å². The predicted octanol–water partition coefficient (Wildman–Crippen LogP) is 4.77. The van der Waals surface area contributed by atoms with Crippen LogP contribution in [-0.4, -0.2) is 5.78 Å². The molecule has 2 aliphatic carbocycles. The molecule has 3 atom stereocenters. The molecule has 96 valence electrons. The molecule has 0 N–H and O–H groups in total. The van der Waals surface area contributed by atoms with Crippen LogP contribution in [0.2, 0.25) is 0 Å². The Hall–Kier alpha value is -0.630. The first-order valence-corrected chi connectivity index (χ1v) is 7.72. The van der Waals surface area contributed by atoms with Crippen molar-refractivity contribution in [3.05, 3.63) is 33.8 Å². The van der Waals surface area contributed by atoms with Crippen molar-refractivity contribution in [2.24, 2.45) is 17.8 Å². The van der Waals surface area contributed by atoms with Crippen molar-refractivity contribution in [2.45, 2.75) is 39.0 Å². The van der Waals surface area contributed by atoms with Gasteiger partial charge in [0.15, 0.2) is 5.78 Å². The number of hydrogen-bond acceptors (Lipinski definition) is 1. The molecule has 2 aliphatic rings. The molecule has 0 aromatic heterocycles. The van der Waals surface area contributed by atoms with Gasteiger partial charge in [-0.15, -0.1) is 0 Å². The first kappa shape index (κ1) is 12.4. The predicted molar refractivity (Wildman–Crippen MR) is 76.8 cm³/mol. The lowest BCUT2D eigenvalue weighted by Gasteiger charge is -2.21. The second-order valence-corrected chi connectivity index (χ2v) is 6.90. The zero-order valence-corrected chi connectivity index (χ0v) is 12.4. The molecule has 2 bridgehead atoms. The molecular formula is C16H19BrO. The lowest BCUT2D eigenvalue weighted by molar-refractivity contribution is 0.0943. The number of halogens is 1. The maximum Gasteiger partial charge on any atom is 0.164 e. The number of rotatable bonds is 3. The average Bonchev–Trinajstić information content (AvgIpc) is 2.94. The minimum absolute atomic E-state index is 0.322. The first-order chi connectivity index (χ1) is 8.63. The minimum Gasteiger partial charge on any atom is -0.294 e. The molecule has 1 aromatic rings. The SMILES string of the molecule is Cc1ccc(Br)c(C(=O)CC2CC3CCC2C3)c1. The number of ketones is 1. The molecular weight excluding hydrogens is 288 g/mol. The van der Waals surface area contributed by atoms with Crippen molar-refractivity contribution in [3.8, 4) is 0 Å². The van der Waals surface area contributed by atoms with E-state index in [1.165, 1.54) is 25.7 Å².